The Balaban J connectivity index is 1.62. The van der Waals surface area contributed by atoms with E-state index in [9.17, 15) is 4.79 Å². The minimum atomic E-state index is -0.139. The smallest absolute Gasteiger partial charge is 0.265 e. The van der Waals surface area contributed by atoms with E-state index < -0.39 is 0 Å². The summed E-state index contributed by atoms with van der Waals surface area (Å²) in [7, 11) is 0. The summed E-state index contributed by atoms with van der Waals surface area (Å²) in [4.78, 5) is 13.9. The predicted octanol–water partition coefficient (Wildman–Crippen LogP) is 3.15. The van der Waals surface area contributed by atoms with Crippen molar-refractivity contribution < 1.29 is 9.53 Å². The van der Waals surface area contributed by atoms with E-state index in [1.165, 1.54) is 5.56 Å². The number of hydrogen-bond acceptors (Lipinski definition) is 4. The van der Waals surface area contributed by atoms with Crippen molar-refractivity contribution in [1.29, 1.82) is 0 Å². The van der Waals surface area contributed by atoms with Gasteiger partial charge in [-0.2, -0.15) is 0 Å². The Morgan fingerprint density at radius 1 is 1.20 bits per heavy atom. The van der Waals surface area contributed by atoms with Crippen LogP contribution >= 0.6 is 11.6 Å². The number of aromatic nitrogens is 3. The number of nitrogens with zero attached hydrogens (tertiary/aromatic N) is 4. The highest BCUT2D eigenvalue weighted by Gasteiger charge is 2.26. The van der Waals surface area contributed by atoms with Crippen molar-refractivity contribution in [1.82, 2.24) is 15.0 Å². The van der Waals surface area contributed by atoms with Gasteiger partial charge in [0.15, 0.2) is 6.61 Å². The number of carbonyl (C=O) groups excluding carboxylic acids is 1. The first kappa shape index (κ1) is 15.7. The molecule has 0 spiro atoms. The molecule has 2 aromatic carbocycles. The van der Waals surface area contributed by atoms with Crippen molar-refractivity contribution in [3.8, 4) is 11.4 Å². The second-order valence-corrected chi connectivity index (χ2v) is 6.31. The quantitative estimate of drug-likeness (QED) is 0.725. The molecule has 0 radical (unpaired) electrons. The lowest BCUT2D eigenvalue weighted by Crippen LogP contribution is -2.38. The van der Waals surface area contributed by atoms with Crippen molar-refractivity contribution in [3.05, 3.63) is 64.9 Å². The lowest BCUT2D eigenvalue weighted by Gasteiger charge is -2.28. The third-order valence-corrected chi connectivity index (χ3v) is 4.26. The van der Waals surface area contributed by atoms with E-state index in [4.69, 9.17) is 16.3 Å². The maximum atomic E-state index is 12.3. The normalized spacial score (nSPS) is 13.5. The Bertz CT molecular complexity index is 937. The molecule has 0 N–H and O–H groups in total. The Labute approximate surface area is 149 Å². The topological polar surface area (TPSA) is 60.2 Å². The van der Waals surface area contributed by atoms with Crippen LogP contribution in [0.1, 0.15) is 11.3 Å². The molecule has 0 aliphatic carbocycles. The van der Waals surface area contributed by atoms with Gasteiger partial charge in [0, 0.05) is 5.02 Å². The molecule has 7 heteroatoms. The van der Waals surface area contributed by atoms with Gasteiger partial charge in [0.25, 0.3) is 5.91 Å². The molecule has 1 aromatic heterocycles. The zero-order chi connectivity index (χ0) is 17.4. The van der Waals surface area contributed by atoms with Crippen LogP contribution in [-0.4, -0.2) is 27.5 Å². The van der Waals surface area contributed by atoms with Gasteiger partial charge in [-0.05, 0) is 37.3 Å². The van der Waals surface area contributed by atoms with Crippen LogP contribution in [0.25, 0.3) is 5.69 Å². The summed E-state index contributed by atoms with van der Waals surface area (Å²) in [5.41, 5.74) is 3.42. The van der Waals surface area contributed by atoms with Crippen molar-refractivity contribution in [2.24, 2.45) is 0 Å². The van der Waals surface area contributed by atoms with Crippen molar-refractivity contribution >= 4 is 23.2 Å². The molecule has 0 saturated heterocycles. The maximum absolute atomic E-state index is 12.3. The molecule has 0 bridgehead atoms. The number of hydrogen-bond donors (Lipinski definition) is 0. The monoisotopic (exact) mass is 354 g/mol. The van der Waals surface area contributed by atoms with E-state index in [1.54, 1.807) is 27.8 Å². The van der Waals surface area contributed by atoms with E-state index in [0.717, 1.165) is 5.69 Å². The highest BCUT2D eigenvalue weighted by molar-refractivity contribution is 6.31. The zero-order valence-corrected chi connectivity index (χ0v) is 14.3. The number of fused-ring (bicyclic) bond motifs is 1. The van der Waals surface area contributed by atoms with E-state index in [0.29, 0.717) is 28.7 Å². The van der Waals surface area contributed by atoms with Crippen molar-refractivity contribution in [2.45, 2.75) is 13.5 Å². The Hall–Kier alpha value is -2.86. The minimum absolute atomic E-state index is 0.000726. The molecule has 126 valence electrons. The molecular weight excluding hydrogens is 340 g/mol. The first-order valence-electron chi connectivity index (χ1n) is 7.81. The van der Waals surface area contributed by atoms with Crippen LogP contribution in [-0.2, 0) is 11.3 Å². The number of rotatable bonds is 3. The number of halogens is 1. The van der Waals surface area contributed by atoms with Gasteiger partial charge in [0.2, 0.25) is 0 Å². The second kappa shape index (κ2) is 6.22. The Morgan fingerprint density at radius 2 is 2.00 bits per heavy atom. The molecule has 0 saturated carbocycles. The lowest BCUT2D eigenvalue weighted by molar-refractivity contribution is -0.121. The van der Waals surface area contributed by atoms with Gasteiger partial charge in [-0.15, -0.1) is 5.10 Å². The SMILES string of the molecule is Cc1ccc(-n2cc(CN3C(=O)COc4ccc(Cl)cc43)nn2)cc1. The number of amides is 1. The highest BCUT2D eigenvalue weighted by Crippen LogP contribution is 2.35. The minimum Gasteiger partial charge on any atom is -0.482 e. The number of ether oxygens (including phenoxy) is 1. The fourth-order valence-corrected chi connectivity index (χ4v) is 2.87. The van der Waals surface area contributed by atoms with Crippen LogP contribution in [0.5, 0.6) is 5.75 Å². The van der Waals surface area contributed by atoms with Crippen LogP contribution in [0, 0.1) is 6.92 Å². The summed E-state index contributed by atoms with van der Waals surface area (Å²) < 4.78 is 7.15. The first-order chi connectivity index (χ1) is 12.1. The van der Waals surface area contributed by atoms with Gasteiger partial charge < -0.3 is 4.74 Å². The molecular formula is C18H15ClN4O2. The van der Waals surface area contributed by atoms with Crippen LogP contribution in [0.2, 0.25) is 5.02 Å². The largest absolute Gasteiger partial charge is 0.482 e. The van der Waals surface area contributed by atoms with Crippen LogP contribution in [0.4, 0.5) is 5.69 Å². The Kier molecular flexibility index (Phi) is 3.89. The summed E-state index contributed by atoms with van der Waals surface area (Å²) in [6.45, 7) is 2.34. The molecule has 4 rings (SSSR count). The first-order valence-corrected chi connectivity index (χ1v) is 8.19. The summed E-state index contributed by atoms with van der Waals surface area (Å²) in [6.07, 6.45) is 1.82. The fraction of sp³-hybridized carbons (Fsp3) is 0.167. The van der Waals surface area contributed by atoms with E-state index in [-0.39, 0.29) is 12.5 Å². The van der Waals surface area contributed by atoms with Crippen LogP contribution in [0.3, 0.4) is 0 Å². The molecule has 3 aromatic rings. The van der Waals surface area contributed by atoms with E-state index >= 15 is 0 Å². The standard InChI is InChI=1S/C18H15ClN4O2/c1-12-2-5-15(6-3-12)23-10-14(20-21-23)9-22-16-8-13(19)4-7-17(16)25-11-18(22)24/h2-8,10H,9,11H2,1H3. The fourth-order valence-electron chi connectivity index (χ4n) is 2.71. The molecule has 1 aliphatic heterocycles. The van der Waals surface area contributed by atoms with Crippen LogP contribution < -0.4 is 9.64 Å². The average Bonchev–Trinajstić information content (AvgIpc) is 3.07. The van der Waals surface area contributed by atoms with Gasteiger partial charge in [-0.3, -0.25) is 9.69 Å². The van der Waals surface area contributed by atoms with Crippen molar-refractivity contribution in [3.63, 3.8) is 0 Å². The summed E-state index contributed by atoms with van der Waals surface area (Å²) >= 11 is 6.06. The number of anilines is 1. The number of carbonyl (C=O) groups is 1. The van der Waals surface area contributed by atoms with Gasteiger partial charge in [-0.25, -0.2) is 4.68 Å². The molecule has 25 heavy (non-hydrogen) atoms. The van der Waals surface area contributed by atoms with Gasteiger partial charge in [-0.1, -0.05) is 34.5 Å². The Morgan fingerprint density at radius 3 is 2.80 bits per heavy atom. The molecule has 1 amide bonds. The van der Waals surface area contributed by atoms with E-state index in [2.05, 4.69) is 10.3 Å². The summed E-state index contributed by atoms with van der Waals surface area (Å²) in [6, 6.07) is 13.2. The predicted molar refractivity (Wildman–Crippen MR) is 94.2 cm³/mol. The second-order valence-electron chi connectivity index (χ2n) is 5.87. The number of benzene rings is 2. The third kappa shape index (κ3) is 3.08. The molecule has 1 aliphatic rings. The van der Waals surface area contributed by atoms with Crippen molar-refractivity contribution in [2.75, 3.05) is 11.5 Å². The van der Waals surface area contributed by atoms with Gasteiger partial charge in [0.1, 0.15) is 11.4 Å². The van der Waals surface area contributed by atoms with Crippen LogP contribution in [0.15, 0.2) is 48.7 Å². The molecule has 0 atom stereocenters. The summed E-state index contributed by atoms with van der Waals surface area (Å²) in [5.74, 6) is 0.495. The van der Waals surface area contributed by atoms with Gasteiger partial charge in [0.05, 0.1) is 24.1 Å². The third-order valence-electron chi connectivity index (χ3n) is 4.02. The lowest BCUT2D eigenvalue weighted by atomic mass is 10.2. The summed E-state index contributed by atoms with van der Waals surface area (Å²) in [5, 5.41) is 8.88. The van der Waals surface area contributed by atoms with Gasteiger partial charge >= 0.3 is 0 Å². The highest BCUT2D eigenvalue weighted by atomic mass is 35.5. The molecule has 2 heterocycles. The number of aryl methyl sites for hydroxylation is 1. The molecule has 0 unspecified atom stereocenters. The maximum Gasteiger partial charge on any atom is 0.265 e. The zero-order valence-electron chi connectivity index (χ0n) is 13.5. The average molecular weight is 355 g/mol. The molecule has 0 fully saturated rings. The van der Waals surface area contributed by atoms with E-state index in [1.807, 2.05) is 37.4 Å². The molecule has 6 nitrogen and oxygen atoms in total.